The fourth-order valence-corrected chi connectivity index (χ4v) is 2.51. The molecule has 5 nitrogen and oxygen atoms in total. The summed E-state index contributed by atoms with van der Waals surface area (Å²) >= 11 is 0. The van der Waals surface area contributed by atoms with E-state index in [9.17, 15) is 20.4 Å². The second-order valence-electron chi connectivity index (χ2n) is 5.93. The first-order chi connectivity index (χ1) is 10.8. The average molecular weight is 317 g/mol. The van der Waals surface area contributed by atoms with Crippen LogP contribution in [0.4, 0.5) is 0 Å². The van der Waals surface area contributed by atoms with Crippen molar-refractivity contribution >= 4 is 0 Å². The van der Waals surface area contributed by atoms with E-state index in [0.29, 0.717) is 12.1 Å². The first kappa shape index (κ1) is 17.1. The summed E-state index contributed by atoms with van der Waals surface area (Å²) in [4.78, 5) is 0. The highest BCUT2D eigenvalue weighted by atomic mass is 16.3. The van der Waals surface area contributed by atoms with Crippen molar-refractivity contribution in [3.63, 3.8) is 0 Å². The summed E-state index contributed by atoms with van der Waals surface area (Å²) in [7, 11) is 0. The molecule has 0 aliphatic heterocycles. The number of phenols is 3. The Kier molecular flexibility index (Phi) is 5.47. The van der Waals surface area contributed by atoms with Gasteiger partial charge in [-0.2, -0.15) is 0 Å². The zero-order valence-corrected chi connectivity index (χ0v) is 13.3. The zero-order chi connectivity index (χ0) is 17.0. The maximum absolute atomic E-state index is 10.1. The quantitative estimate of drug-likeness (QED) is 0.564. The molecule has 23 heavy (non-hydrogen) atoms. The molecule has 0 radical (unpaired) electrons. The van der Waals surface area contributed by atoms with Gasteiger partial charge in [0.25, 0.3) is 0 Å². The molecule has 0 saturated carbocycles. The summed E-state index contributed by atoms with van der Waals surface area (Å²) in [6.07, 6.45) is -0.0592. The second kappa shape index (κ2) is 7.35. The van der Waals surface area contributed by atoms with Crippen LogP contribution in [0.15, 0.2) is 36.4 Å². The summed E-state index contributed by atoms with van der Waals surface area (Å²) in [5.41, 5.74) is 2.40. The van der Waals surface area contributed by atoms with Gasteiger partial charge in [0.1, 0.15) is 17.2 Å². The lowest BCUT2D eigenvalue weighted by atomic mass is 10.0. The Morgan fingerprint density at radius 2 is 1.65 bits per heavy atom. The minimum Gasteiger partial charge on any atom is -0.508 e. The van der Waals surface area contributed by atoms with Gasteiger partial charge in [-0.25, -0.2) is 0 Å². The predicted octanol–water partition coefficient (Wildman–Crippen LogP) is 2.37. The monoisotopic (exact) mass is 317 g/mol. The maximum Gasteiger partial charge on any atom is 0.119 e. The molecular formula is C18H23NO4. The number of phenolic OH excluding ortho intramolecular Hbond substituents is 3. The van der Waals surface area contributed by atoms with Crippen LogP contribution in [-0.4, -0.2) is 33.0 Å². The van der Waals surface area contributed by atoms with Gasteiger partial charge in [-0.05, 0) is 55.2 Å². The fourth-order valence-electron chi connectivity index (χ4n) is 2.51. The van der Waals surface area contributed by atoms with Crippen molar-refractivity contribution in [2.45, 2.75) is 32.4 Å². The van der Waals surface area contributed by atoms with E-state index in [2.05, 4.69) is 5.32 Å². The molecule has 124 valence electrons. The average Bonchev–Trinajstić information content (AvgIpc) is 2.47. The molecule has 0 heterocycles. The number of aromatic hydroxyl groups is 3. The number of aliphatic hydroxyl groups excluding tert-OH is 1. The lowest BCUT2D eigenvalue weighted by Gasteiger charge is -2.18. The first-order valence-electron chi connectivity index (χ1n) is 7.58. The van der Waals surface area contributed by atoms with E-state index < -0.39 is 6.10 Å². The molecule has 2 aromatic rings. The molecule has 0 spiro atoms. The fraction of sp³-hybridized carbons (Fsp3) is 0.333. The third kappa shape index (κ3) is 4.87. The highest BCUT2D eigenvalue weighted by Gasteiger charge is 2.12. The molecule has 5 N–H and O–H groups in total. The smallest absolute Gasteiger partial charge is 0.119 e. The van der Waals surface area contributed by atoms with E-state index in [0.717, 1.165) is 17.5 Å². The second-order valence-corrected chi connectivity index (χ2v) is 5.93. The van der Waals surface area contributed by atoms with Crippen molar-refractivity contribution < 1.29 is 20.4 Å². The molecule has 0 saturated heterocycles. The highest BCUT2D eigenvalue weighted by Crippen LogP contribution is 2.24. The van der Waals surface area contributed by atoms with Crippen molar-refractivity contribution in [3.05, 3.63) is 53.1 Å². The SMILES string of the molecule is Cc1cc(C[C@@H](C)NC[C@H](O)c2cc(O)cc(O)c2)ccc1O. The minimum atomic E-state index is -0.822. The molecule has 0 amide bonds. The van der Waals surface area contributed by atoms with Crippen LogP contribution in [0.3, 0.4) is 0 Å². The zero-order valence-electron chi connectivity index (χ0n) is 13.3. The Bertz CT molecular complexity index is 652. The van der Waals surface area contributed by atoms with Gasteiger partial charge in [0.05, 0.1) is 6.10 Å². The number of hydrogen-bond donors (Lipinski definition) is 5. The van der Waals surface area contributed by atoms with Crippen LogP contribution >= 0.6 is 0 Å². The molecule has 2 aromatic carbocycles. The van der Waals surface area contributed by atoms with Gasteiger partial charge in [0.2, 0.25) is 0 Å². The number of hydrogen-bond acceptors (Lipinski definition) is 5. The van der Waals surface area contributed by atoms with Crippen LogP contribution in [-0.2, 0) is 6.42 Å². The van der Waals surface area contributed by atoms with Crippen molar-refractivity contribution in [3.8, 4) is 17.2 Å². The highest BCUT2D eigenvalue weighted by molar-refractivity contribution is 5.38. The summed E-state index contributed by atoms with van der Waals surface area (Å²) in [5.74, 6) is 0.131. The van der Waals surface area contributed by atoms with Crippen molar-refractivity contribution in [2.75, 3.05) is 6.54 Å². The number of aryl methyl sites for hydroxylation is 1. The Labute approximate surface area is 135 Å². The van der Waals surface area contributed by atoms with Crippen molar-refractivity contribution in [1.82, 2.24) is 5.32 Å². The molecule has 2 atom stereocenters. The van der Waals surface area contributed by atoms with Crippen LogP contribution in [0.25, 0.3) is 0 Å². The summed E-state index contributed by atoms with van der Waals surface area (Å²) in [5, 5.41) is 41.8. The number of benzene rings is 2. The standard InChI is InChI=1S/C18H23NO4/c1-11-5-13(3-4-17(11)22)6-12(2)19-10-18(23)14-7-15(20)9-16(21)8-14/h3-5,7-9,12,18-23H,6,10H2,1-2H3/t12-,18+/m1/s1. The van der Waals surface area contributed by atoms with Gasteiger partial charge >= 0.3 is 0 Å². The van der Waals surface area contributed by atoms with E-state index in [4.69, 9.17) is 0 Å². The van der Waals surface area contributed by atoms with E-state index in [1.165, 1.54) is 18.2 Å². The summed E-state index contributed by atoms with van der Waals surface area (Å²) < 4.78 is 0. The predicted molar refractivity (Wildman–Crippen MR) is 88.7 cm³/mol. The molecule has 0 aliphatic rings. The van der Waals surface area contributed by atoms with Gasteiger partial charge in [0, 0.05) is 18.7 Å². The van der Waals surface area contributed by atoms with E-state index in [1.807, 2.05) is 26.0 Å². The van der Waals surface area contributed by atoms with E-state index in [1.54, 1.807) is 6.07 Å². The van der Waals surface area contributed by atoms with Crippen LogP contribution in [0.2, 0.25) is 0 Å². The van der Waals surface area contributed by atoms with E-state index >= 15 is 0 Å². The Hall–Kier alpha value is -2.24. The third-order valence-electron chi connectivity index (χ3n) is 3.77. The lowest BCUT2D eigenvalue weighted by Crippen LogP contribution is -2.32. The van der Waals surface area contributed by atoms with Crippen LogP contribution in [0.1, 0.15) is 29.7 Å². The molecule has 5 heteroatoms. The summed E-state index contributed by atoms with van der Waals surface area (Å²) in [6.45, 7) is 4.17. The largest absolute Gasteiger partial charge is 0.508 e. The van der Waals surface area contributed by atoms with Crippen LogP contribution < -0.4 is 5.32 Å². The molecule has 0 aliphatic carbocycles. The number of rotatable bonds is 6. The molecule has 0 bridgehead atoms. The van der Waals surface area contributed by atoms with Crippen LogP contribution in [0.5, 0.6) is 17.2 Å². The minimum absolute atomic E-state index is 0.0772. The van der Waals surface area contributed by atoms with Gasteiger partial charge in [-0.15, -0.1) is 0 Å². The van der Waals surface area contributed by atoms with Gasteiger partial charge in [-0.1, -0.05) is 12.1 Å². The molecule has 2 rings (SSSR count). The molecule has 0 unspecified atom stereocenters. The molecule has 0 fully saturated rings. The summed E-state index contributed by atoms with van der Waals surface area (Å²) in [6, 6.07) is 9.71. The number of nitrogens with one attached hydrogen (secondary N) is 1. The Morgan fingerprint density at radius 1 is 1.00 bits per heavy atom. The molecular weight excluding hydrogens is 294 g/mol. The Morgan fingerprint density at radius 3 is 2.26 bits per heavy atom. The molecule has 0 aromatic heterocycles. The van der Waals surface area contributed by atoms with Gasteiger partial charge < -0.3 is 25.7 Å². The normalized spacial score (nSPS) is 13.7. The maximum atomic E-state index is 10.1. The van der Waals surface area contributed by atoms with Crippen molar-refractivity contribution in [2.24, 2.45) is 0 Å². The van der Waals surface area contributed by atoms with E-state index in [-0.39, 0.29) is 23.3 Å². The van der Waals surface area contributed by atoms with Crippen molar-refractivity contribution in [1.29, 1.82) is 0 Å². The van der Waals surface area contributed by atoms with Gasteiger partial charge in [0.15, 0.2) is 0 Å². The van der Waals surface area contributed by atoms with Crippen LogP contribution in [0, 0.1) is 6.92 Å². The van der Waals surface area contributed by atoms with Gasteiger partial charge in [-0.3, -0.25) is 0 Å². The lowest BCUT2D eigenvalue weighted by molar-refractivity contribution is 0.170. The first-order valence-corrected chi connectivity index (χ1v) is 7.58. The third-order valence-corrected chi connectivity index (χ3v) is 3.77. The topological polar surface area (TPSA) is 93.0 Å². The Balaban J connectivity index is 1.90. The number of aliphatic hydroxyl groups is 1.